The lowest BCUT2D eigenvalue weighted by atomic mass is 10.1. The molecule has 114 valence electrons. The summed E-state index contributed by atoms with van der Waals surface area (Å²) < 4.78 is 26.7. The average Bonchev–Trinajstić information content (AvgIpc) is 2.31. The lowest BCUT2D eigenvalue weighted by molar-refractivity contribution is 0.337. The van der Waals surface area contributed by atoms with Crippen LogP contribution in [-0.4, -0.2) is 25.8 Å². The van der Waals surface area contributed by atoms with Gasteiger partial charge in [0.2, 0.25) is 10.0 Å². The first-order valence-electron chi connectivity index (χ1n) is 6.61. The maximum atomic E-state index is 12.7. The van der Waals surface area contributed by atoms with Crippen molar-refractivity contribution in [2.75, 3.05) is 12.8 Å². The molecular weight excluding hydrogens is 296 g/mol. The van der Waals surface area contributed by atoms with Crippen LogP contribution in [-0.2, 0) is 10.0 Å². The van der Waals surface area contributed by atoms with Gasteiger partial charge in [-0.2, -0.15) is 4.31 Å². The van der Waals surface area contributed by atoms with E-state index in [2.05, 4.69) is 13.8 Å². The standard InChI is InChI=1S/C14H23ClN2O2S/c1-9(2)6-11(4)17(5)20(18,19)14-8-13(16)12(15)7-10(14)3/h7-9,11H,6,16H2,1-5H3. The molecule has 1 rings (SSSR count). The van der Waals surface area contributed by atoms with E-state index in [1.165, 1.54) is 10.4 Å². The first kappa shape index (κ1) is 17.3. The summed E-state index contributed by atoms with van der Waals surface area (Å²) in [6.07, 6.45) is 0.803. The van der Waals surface area contributed by atoms with Crippen LogP contribution < -0.4 is 5.73 Å². The molecule has 0 heterocycles. The fourth-order valence-electron chi connectivity index (χ4n) is 2.17. The fourth-order valence-corrected chi connectivity index (χ4v) is 4.00. The number of sulfonamides is 1. The predicted octanol–water partition coefficient (Wildman–Crippen LogP) is 3.29. The fraction of sp³-hybridized carbons (Fsp3) is 0.571. The Balaban J connectivity index is 3.20. The summed E-state index contributed by atoms with van der Waals surface area (Å²) >= 11 is 5.91. The number of nitrogen functional groups attached to an aromatic ring is 1. The highest BCUT2D eigenvalue weighted by Crippen LogP contribution is 2.29. The minimum atomic E-state index is -3.56. The minimum Gasteiger partial charge on any atom is -0.397 e. The highest BCUT2D eigenvalue weighted by molar-refractivity contribution is 7.89. The number of aryl methyl sites for hydroxylation is 1. The van der Waals surface area contributed by atoms with Crippen molar-refractivity contribution in [3.05, 3.63) is 22.7 Å². The van der Waals surface area contributed by atoms with Crippen molar-refractivity contribution in [1.82, 2.24) is 4.31 Å². The van der Waals surface area contributed by atoms with E-state index in [4.69, 9.17) is 17.3 Å². The summed E-state index contributed by atoms with van der Waals surface area (Å²) in [5, 5.41) is 0.374. The van der Waals surface area contributed by atoms with E-state index in [1.54, 1.807) is 20.0 Å². The molecule has 0 spiro atoms. The van der Waals surface area contributed by atoms with Crippen LogP contribution in [0, 0.1) is 12.8 Å². The Hall–Kier alpha value is -0.780. The van der Waals surface area contributed by atoms with E-state index in [9.17, 15) is 8.42 Å². The van der Waals surface area contributed by atoms with Gasteiger partial charge in [0.25, 0.3) is 0 Å². The SMILES string of the molecule is Cc1cc(Cl)c(N)cc1S(=O)(=O)N(C)C(C)CC(C)C. The summed E-state index contributed by atoms with van der Waals surface area (Å²) in [5.74, 6) is 0.430. The number of hydrogen-bond donors (Lipinski definition) is 1. The molecule has 1 aromatic carbocycles. The second-order valence-corrected chi connectivity index (χ2v) is 8.01. The molecule has 0 aliphatic heterocycles. The summed E-state index contributed by atoms with van der Waals surface area (Å²) in [7, 11) is -1.96. The molecule has 0 amide bonds. The highest BCUT2D eigenvalue weighted by atomic mass is 35.5. The van der Waals surface area contributed by atoms with Crippen LogP contribution >= 0.6 is 11.6 Å². The van der Waals surface area contributed by atoms with Crippen LogP contribution in [0.15, 0.2) is 17.0 Å². The van der Waals surface area contributed by atoms with Crippen molar-refractivity contribution < 1.29 is 8.42 Å². The quantitative estimate of drug-likeness (QED) is 0.847. The molecule has 0 aliphatic rings. The normalized spacial score (nSPS) is 14.0. The van der Waals surface area contributed by atoms with Crippen LogP contribution in [0.25, 0.3) is 0 Å². The summed E-state index contributed by atoms with van der Waals surface area (Å²) in [6, 6.07) is 2.95. The Morgan fingerprint density at radius 3 is 2.35 bits per heavy atom. The van der Waals surface area contributed by atoms with E-state index in [1.807, 2.05) is 6.92 Å². The van der Waals surface area contributed by atoms with Crippen molar-refractivity contribution in [2.45, 2.75) is 45.1 Å². The molecule has 0 radical (unpaired) electrons. The van der Waals surface area contributed by atoms with E-state index in [0.717, 1.165) is 6.42 Å². The lowest BCUT2D eigenvalue weighted by Gasteiger charge is -2.26. The van der Waals surface area contributed by atoms with Gasteiger partial charge in [-0.1, -0.05) is 25.4 Å². The van der Waals surface area contributed by atoms with Gasteiger partial charge in [0, 0.05) is 13.1 Å². The Kier molecular flexibility index (Phi) is 5.46. The molecule has 6 heteroatoms. The number of nitrogens with two attached hydrogens (primary N) is 1. The Morgan fingerprint density at radius 1 is 1.30 bits per heavy atom. The van der Waals surface area contributed by atoms with Gasteiger partial charge in [-0.25, -0.2) is 8.42 Å². The van der Waals surface area contributed by atoms with Gasteiger partial charge in [0.15, 0.2) is 0 Å². The van der Waals surface area contributed by atoms with Crippen molar-refractivity contribution in [3.63, 3.8) is 0 Å². The number of halogens is 1. The van der Waals surface area contributed by atoms with Gasteiger partial charge in [-0.05, 0) is 43.9 Å². The van der Waals surface area contributed by atoms with Crippen molar-refractivity contribution in [2.24, 2.45) is 5.92 Å². The topological polar surface area (TPSA) is 63.4 Å². The van der Waals surface area contributed by atoms with Crippen LogP contribution in [0.2, 0.25) is 5.02 Å². The molecule has 1 unspecified atom stereocenters. The Morgan fingerprint density at radius 2 is 1.85 bits per heavy atom. The van der Waals surface area contributed by atoms with Gasteiger partial charge >= 0.3 is 0 Å². The molecule has 0 aromatic heterocycles. The first-order valence-corrected chi connectivity index (χ1v) is 8.42. The van der Waals surface area contributed by atoms with Gasteiger partial charge in [0.1, 0.15) is 0 Å². The summed E-state index contributed by atoms with van der Waals surface area (Å²) in [5.41, 5.74) is 6.61. The zero-order valence-corrected chi connectivity index (χ0v) is 14.2. The molecular formula is C14H23ClN2O2S. The van der Waals surface area contributed by atoms with Crippen LogP contribution in [0.3, 0.4) is 0 Å². The van der Waals surface area contributed by atoms with E-state index in [-0.39, 0.29) is 16.6 Å². The van der Waals surface area contributed by atoms with Crippen molar-refractivity contribution in [1.29, 1.82) is 0 Å². The maximum Gasteiger partial charge on any atom is 0.243 e. The van der Waals surface area contributed by atoms with Crippen molar-refractivity contribution >= 4 is 27.3 Å². The second-order valence-electron chi connectivity index (χ2n) is 5.64. The molecule has 20 heavy (non-hydrogen) atoms. The average molecular weight is 319 g/mol. The number of nitrogens with zero attached hydrogens (tertiary/aromatic N) is 1. The minimum absolute atomic E-state index is 0.0729. The highest BCUT2D eigenvalue weighted by Gasteiger charge is 2.27. The predicted molar refractivity (Wildman–Crippen MR) is 84.5 cm³/mol. The zero-order valence-electron chi connectivity index (χ0n) is 12.6. The van der Waals surface area contributed by atoms with E-state index < -0.39 is 10.0 Å². The van der Waals surface area contributed by atoms with Gasteiger partial charge in [-0.15, -0.1) is 0 Å². The third kappa shape index (κ3) is 3.65. The Bertz CT molecular complexity index is 585. The molecule has 1 atom stereocenters. The zero-order chi connectivity index (χ0) is 15.7. The molecule has 0 bridgehead atoms. The van der Waals surface area contributed by atoms with Gasteiger partial charge < -0.3 is 5.73 Å². The smallest absolute Gasteiger partial charge is 0.243 e. The Labute approximate surface area is 127 Å². The maximum absolute atomic E-state index is 12.7. The molecule has 2 N–H and O–H groups in total. The lowest BCUT2D eigenvalue weighted by Crippen LogP contribution is -2.36. The third-order valence-corrected chi connectivity index (χ3v) is 5.83. The van der Waals surface area contributed by atoms with E-state index in [0.29, 0.717) is 16.5 Å². The third-order valence-electron chi connectivity index (χ3n) is 3.38. The van der Waals surface area contributed by atoms with Gasteiger partial charge in [0.05, 0.1) is 15.6 Å². The number of hydrogen-bond acceptors (Lipinski definition) is 3. The second kappa shape index (κ2) is 6.33. The van der Waals surface area contributed by atoms with Crippen molar-refractivity contribution in [3.8, 4) is 0 Å². The first-order chi connectivity index (χ1) is 9.07. The van der Waals surface area contributed by atoms with Gasteiger partial charge in [-0.3, -0.25) is 0 Å². The van der Waals surface area contributed by atoms with Crippen LogP contribution in [0.1, 0.15) is 32.8 Å². The molecule has 1 aromatic rings. The molecule has 0 fully saturated rings. The van der Waals surface area contributed by atoms with Crippen LogP contribution in [0.5, 0.6) is 0 Å². The van der Waals surface area contributed by atoms with E-state index >= 15 is 0 Å². The van der Waals surface area contributed by atoms with Crippen LogP contribution in [0.4, 0.5) is 5.69 Å². The molecule has 4 nitrogen and oxygen atoms in total. The molecule has 0 saturated carbocycles. The summed E-state index contributed by atoms with van der Waals surface area (Å²) in [6.45, 7) is 7.77. The number of rotatable bonds is 5. The molecule has 0 aliphatic carbocycles. The molecule has 0 saturated heterocycles. The monoisotopic (exact) mass is 318 g/mol. The number of anilines is 1. The largest absolute Gasteiger partial charge is 0.397 e. The number of benzene rings is 1. The summed E-state index contributed by atoms with van der Waals surface area (Å²) in [4.78, 5) is 0.220.